The molecule has 1 aliphatic heterocycles. The Bertz CT molecular complexity index is 385. The number of imidazole rings is 1. The first kappa shape index (κ1) is 14.5. The predicted molar refractivity (Wildman–Crippen MR) is 79.0 cm³/mol. The monoisotopic (exact) mass is 264 g/mol. The van der Waals surface area contributed by atoms with E-state index >= 15 is 0 Å². The molecule has 108 valence electrons. The Hall–Kier alpha value is -0.870. The molecule has 0 saturated carbocycles. The number of hydrogen-bond acceptors (Lipinski definition) is 3. The van der Waals surface area contributed by atoms with Crippen LogP contribution in [0.4, 0.5) is 0 Å². The fourth-order valence-electron chi connectivity index (χ4n) is 2.67. The summed E-state index contributed by atoms with van der Waals surface area (Å²) in [6.45, 7) is 14.6. The van der Waals surface area contributed by atoms with Gasteiger partial charge >= 0.3 is 0 Å². The smallest absolute Gasteiger partial charge is 0.122 e. The van der Waals surface area contributed by atoms with Crippen LogP contribution in [-0.2, 0) is 13.1 Å². The maximum Gasteiger partial charge on any atom is 0.122 e. The maximum atomic E-state index is 4.44. The Kier molecular flexibility index (Phi) is 4.99. The number of nitrogens with one attached hydrogen (secondary N) is 1. The Labute approximate surface area is 117 Å². The van der Waals surface area contributed by atoms with E-state index in [1.807, 2.05) is 6.20 Å². The summed E-state index contributed by atoms with van der Waals surface area (Å²) in [5, 5.41) is 3.57. The van der Waals surface area contributed by atoms with Gasteiger partial charge in [0.1, 0.15) is 5.82 Å². The zero-order valence-corrected chi connectivity index (χ0v) is 12.8. The van der Waals surface area contributed by atoms with Gasteiger partial charge in [0.25, 0.3) is 0 Å². The molecule has 1 aromatic rings. The van der Waals surface area contributed by atoms with Crippen molar-refractivity contribution in [3.05, 3.63) is 18.2 Å². The lowest BCUT2D eigenvalue weighted by atomic mass is 10.0. The molecule has 1 N–H and O–H groups in total. The summed E-state index contributed by atoms with van der Waals surface area (Å²) >= 11 is 0. The molecular weight excluding hydrogens is 236 g/mol. The molecule has 4 heteroatoms. The summed E-state index contributed by atoms with van der Waals surface area (Å²) in [5.41, 5.74) is 0. The summed E-state index contributed by atoms with van der Waals surface area (Å²) in [7, 11) is 0. The summed E-state index contributed by atoms with van der Waals surface area (Å²) < 4.78 is 2.27. The Morgan fingerprint density at radius 2 is 2.00 bits per heavy atom. The van der Waals surface area contributed by atoms with Crippen molar-refractivity contribution in [3.8, 4) is 0 Å². The molecule has 4 nitrogen and oxygen atoms in total. The molecule has 0 amide bonds. The van der Waals surface area contributed by atoms with Gasteiger partial charge in [0.2, 0.25) is 0 Å². The zero-order chi connectivity index (χ0) is 13.8. The van der Waals surface area contributed by atoms with Gasteiger partial charge in [-0.3, -0.25) is 4.90 Å². The van der Waals surface area contributed by atoms with E-state index in [2.05, 4.69) is 53.7 Å². The molecule has 2 heterocycles. The van der Waals surface area contributed by atoms with E-state index < -0.39 is 0 Å². The number of rotatable bonds is 6. The van der Waals surface area contributed by atoms with E-state index in [1.165, 1.54) is 5.82 Å². The van der Waals surface area contributed by atoms with E-state index in [0.717, 1.165) is 38.6 Å². The lowest BCUT2D eigenvalue weighted by Crippen LogP contribution is -2.45. The number of fused-ring (bicyclic) bond motifs is 1. The largest absolute Gasteiger partial charge is 0.333 e. The van der Waals surface area contributed by atoms with Gasteiger partial charge in [0, 0.05) is 31.5 Å². The number of hydrogen-bond donors (Lipinski definition) is 1. The third-order valence-corrected chi connectivity index (χ3v) is 4.19. The summed E-state index contributed by atoms with van der Waals surface area (Å²) in [6.07, 6.45) is 4.00. The molecule has 19 heavy (non-hydrogen) atoms. The lowest BCUT2D eigenvalue weighted by Gasteiger charge is -2.36. The lowest BCUT2D eigenvalue weighted by molar-refractivity contribution is 0.123. The van der Waals surface area contributed by atoms with Crippen molar-refractivity contribution >= 4 is 0 Å². The van der Waals surface area contributed by atoms with Crippen LogP contribution in [-0.4, -0.2) is 40.1 Å². The van der Waals surface area contributed by atoms with E-state index in [9.17, 15) is 0 Å². The molecule has 0 spiro atoms. The van der Waals surface area contributed by atoms with E-state index in [-0.39, 0.29) is 0 Å². The second-order valence-corrected chi connectivity index (χ2v) is 6.28. The van der Waals surface area contributed by atoms with Gasteiger partial charge in [-0.25, -0.2) is 4.98 Å². The summed E-state index contributed by atoms with van der Waals surface area (Å²) in [6, 6.07) is 0.602. The Morgan fingerprint density at radius 1 is 1.21 bits per heavy atom. The van der Waals surface area contributed by atoms with Crippen molar-refractivity contribution < 1.29 is 0 Å². The van der Waals surface area contributed by atoms with Crippen LogP contribution in [0, 0.1) is 11.8 Å². The highest BCUT2D eigenvalue weighted by Gasteiger charge is 2.24. The summed E-state index contributed by atoms with van der Waals surface area (Å²) in [5.74, 6) is 2.60. The van der Waals surface area contributed by atoms with Gasteiger partial charge in [-0.2, -0.15) is 0 Å². The predicted octanol–water partition coefficient (Wildman–Crippen LogP) is 1.97. The molecule has 0 saturated heterocycles. The first-order valence-corrected chi connectivity index (χ1v) is 7.52. The highest BCUT2D eigenvalue weighted by atomic mass is 15.3. The van der Waals surface area contributed by atoms with Crippen molar-refractivity contribution in [2.45, 2.75) is 46.8 Å². The maximum absolute atomic E-state index is 4.44. The number of nitrogens with zero attached hydrogens (tertiary/aromatic N) is 3. The van der Waals surface area contributed by atoms with Crippen LogP contribution in [0.5, 0.6) is 0 Å². The molecule has 0 fully saturated rings. The van der Waals surface area contributed by atoms with Gasteiger partial charge in [0.05, 0.1) is 6.54 Å². The van der Waals surface area contributed by atoms with Crippen LogP contribution >= 0.6 is 0 Å². The van der Waals surface area contributed by atoms with Crippen molar-refractivity contribution in [2.24, 2.45) is 11.8 Å². The molecular formula is C15H28N4. The van der Waals surface area contributed by atoms with E-state index in [0.29, 0.717) is 12.0 Å². The molecule has 0 aliphatic carbocycles. The first-order chi connectivity index (χ1) is 9.08. The highest BCUT2D eigenvalue weighted by molar-refractivity contribution is 4.96. The van der Waals surface area contributed by atoms with Crippen LogP contribution in [0.3, 0.4) is 0 Å². The van der Waals surface area contributed by atoms with Crippen LogP contribution < -0.4 is 5.32 Å². The molecule has 2 atom stereocenters. The minimum atomic E-state index is 0.602. The van der Waals surface area contributed by atoms with Crippen molar-refractivity contribution in [3.63, 3.8) is 0 Å². The van der Waals surface area contributed by atoms with E-state index in [4.69, 9.17) is 0 Å². The average Bonchev–Trinajstić information content (AvgIpc) is 2.84. The molecule has 1 aromatic heterocycles. The van der Waals surface area contributed by atoms with Crippen LogP contribution in [0.25, 0.3) is 0 Å². The first-order valence-electron chi connectivity index (χ1n) is 7.52. The normalized spacial score (nSPS) is 19.4. The molecule has 0 radical (unpaired) electrons. The second kappa shape index (κ2) is 6.53. The van der Waals surface area contributed by atoms with Crippen molar-refractivity contribution in [1.29, 1.82) is 0 Å². The molecule has 0 bridgehead atoms. The average molecular weight is 264 g/mol. The van der Waals surface area contributed by atoms with Crippen LogP contribution in [0.2, 0.25) is 0 Å². The third kappa shape index (κ3) is 3.80. The van der Waals surface area contributed by atoms with Gasteiger partial charge in [-0.1, -0.05) is 20.8 Å². The second-order valence-electron chi connectivity index (χ2n) is 6.28. The summed E-state index contributed by atoms with van der Waals surface area (Å²) in [4.78, 5) is 7.00. The molecule has 1 aliphatic rings. The molecule has 0 aromatic carbocycles. The minimum Gasteiger partial charge on any atom is -0.333 e. The molecule has 2 unspecified atom stereocenters. The minimum absolute atomic E-state index is 0.602. The van der Waals surface area contributed by atoms with Gasteiger partial charge in [-0.15, -0.1) is 0 Å². The number of aromatic nitrogens is 2. The zero-order valence-electron chi connectivity index (χ0n) is 12.8. The van der Waals surface area contributed by atoms with Gasteiger partial charge < -0.3 is 9.88 Å². The molecule has 2 rings (SSSR count). The Balaban J connectivity index is 1.81. The quantitative estimate of drug-likeness (QED) is 0.853. The Morgan fingerprint density at radius 3 is 2.74 bits per heavy atom. The van der Waals surface area contributed by atoms with Gasteiger partial charge in [-0.05, 0) is 31.8 Å². The topological polar surface area (TPSA) is 33.1 Å². The van der Waals surface area contributed by atoms with Crippen molar-refractivity contribution in [2.75, 3.05) is 19.6 Å². The SMILES string of the molecule is CC(C)CNCC(C)C(C)N1CCn2ccnc2C1. The third-order valence-electron chi connectivity index (χ3n) is 4.19. The van der Waals surface area contributed by atoms with E-state index in [1.54, 1.807) is 0 Å². The fraction of sp³-hybridized carbons (Fsp3) is 0.800. The standard InChI is InChI=1S/C15H28N4/c1-12(2)9-16-10-13(3)14(4)19-8-7-18-6-5-17-15(18)11-19/h5-6,12-14,16H,7-11H2,1-4H3. The van der Waals surface area contributed by atoms with Crippen molar-refractivity contribution in [1.82, 2.24) is 19.8 Å². The van der Waals surface area contributed by atoms with Crippen LogP contribution in [0.1, 0.15) is 33.5 Å². The van der Waals surface area contributed by atoms with Crippen LogP contribution in [0.15, 0.2) is 12.4 Å². The van der Waals surface area contributed by atoms with Gasteiger partial charge in [0.15, 0.2) is 0 Å². The highest BCUT2D eigenvalue weighted by Crippen LogP contribution is 2.17. The fourth-order valence-corrected chi connectivity index (χ4v) is 2.67.